The molecule has 0 saturated heterocycles. The van der Waals surface area contributed by atoms with Crippen molar-refractivity contribution in [3.8, 4) is 5.75 Å². The van der Waals surface area contributed by atoms with E-state index in [0.29, 0.717) is 24.2 Å². The summed E-state index contributed by atoms with van der Waals surface area (Å²) in [5.41, 5.74) is -0.481. The van der Waals surface area contributed by atoms with E-state index in [4.69, 9.17) is 14.1 Å². The van der Waals surface area contributed by atoms with Gasteiger partial charge in [-0.15, -0.1) is 0 Å². The van der Waals surface area contributed by atoms with Crippen molar-refractivity contribution in [2.75, 3.05) is 13.9 Å². The third-order valence-corrected chi connectivity index (χ3v) is 7.25. The Morgan fingerprint density at radius 1 is 1.00 bits per heavy atom. The number of benzene rings is 2. The van der Waals surface area contributed by atoms with Crippen molar-refractivity contribution in [1.29, 1.82) is 0 Å². The molecule has 0 amide bonds. The molecule has 0 fully saturated rings. The summed E-state index contributed by atoms with van der Waals surface area (Å²) in [7, 11) is 3.55. The van der Waals surface area contributed by atoms with Gasteiger partial charge in [-0.25, -0.2) is 0 Å². The van der Waals surface area contributed by atoms with Crippen molar-refractivity contribution in [2.24, 2.45) is 5.41 Å². The lowest BCUT2D eigenvalue weighted by molar-refractivity contribution is -0.350. The van der Waals surface area contributed by atoms with Gasteiger partial charge in [0, 0.05) is 7.11 Å². The summed E-state index contributed by atoms with van der Waals surface area (Å²) in [6.45, 7) is 15.8. The van der Waals surface area contributed by atoms with E-state index >= 15 is 0 Å². The third-order valence-electron chi connectivity index (χ3n) is 7.25. The molecule has 0 aliphatic carbocycles. The maximum absolute atomic E-state index is 10.5. The van der Waals surface area contributed by atoms with Gasteiger partial charge in [0.25, 0.3) is 12.8 Å². The van der Waals surface area contributed by atoms with Crippen LogP contribution in [0.3, 0.4) is 0 Å². The average molecular weight is 471 g/mol. The van der Waals surface area contributed by atoms with Crippen molar-refractivity contribution in [1.82, 2.24) is 0 Å². The van der Waals surface area contributed by atoms with Gasteiger partial charge in [-0.05, 0) is 66.5 Å². The third kappa shape index (κ3) is 5.80. The molecule has 6 nitrogen and oxygen atoms in total. The maximum Gasteiger partial charge on any atom is 0.285 e. The van der Waals surface area contributed by atoms with Crippen LogP contribution in [0.5, 0.6) is 5.75 Å². The van der Waals surface area contributed by atoms with E-state index in [-0.39, 0.29) is 12.2 Å². The molecular weight excluding hydrogens is 430 g/mol. The SMILES string of the molecule is C[B]B(OC(C)(C)C(C)(C)C)c1cc(OCOC)cc2cccc(C(C)(CCC)C(O)(O)O)c12. The van der Waals surface area contributed by atoms with Crippen LogP contribution in [0.25, 0.3) is 10.8 Å². The second-order valence-electron chi connectivity index (χ2n) is 10.8. The number of aliphatic hydroxyl groups is 3. The molecule has 0 spiro atoms. The first kappa shape index (κ1) is 28.7. The van der Waals surface area contributed by atoms with Gasteiger partial charge < -0.3 is 29.4 Å². The second-order valence-corrected chi connectivity index (χ2v) is 10.8. The van der Waals surface area contributed by atoms with Gasteiger partial charge >= 0.3 is 0 Å². The molecule has 0 heterocycles. The van der Waals surface area contributed by atoms with Gasteiger partial charge in [0.1, 0.15) is 12.9 Å². The number of fused-ring (bicyclic) bond motifs is 1. The van der Waals surface area contributed by atoms with E-state index in [9.17, 15) is 15.3 Å². The summed E-state index contributed by atoms with van der Waals surface area (Å²) in [6, 6.07) is 9.45. The molecule has 2 rings (SSSR count). The zero-order valence-corrected chi connectivity index (χ0v) is 22.2. The molecule has 0 aliphatic heterocycles. The smallest absolute Gasteiger partial charge is 0.285 e. The monoisotopic (exact) mass is 471 g/mol. The first-order valence-corrected chi connectivity index (χ1v) is 12.0. The number of hydrogen-bond donors (Lipinski definition) is 3. The van der Waals surface area contributed by atoms with Gasteiger partial charge in [-0.2, -0.15) is 0 Å². The number of rotatable bonds is 11. The van der Waals surface area contributed by atoms with Gasteiger partial charge in [-0.1, -0.05) is 59.1 Å². The quantitative estimate of drug-likeness (QED) is 0.342. The van der Waals surface area contributed by atoms with Crippen molar-refractivity contribution in [2.45, 2.75) is 85.1 Å². The van der Waals surface area contributed by atoms with E-state index in [1.807, 2.05) is 51.2 Å². The zero-order valence-electron chi connectivity index (χ0n) is 22.2. The molecule has 0 aromatic heterocycles. The molecule has 1 atom stereocenters. The zero-order chi connectivity index (χ0) is 25.9. The van der Waals surface area contributed by atoms with Crippen molar-refractivity contribution < 1.29 is 29.4 Å². The Balaban J connectivity index is 2.88. The van der Waals surface area contributed by atoms with Gasteiger partial charge in [-0.3, -0.25) is 0 Å². The van der Waals surface area contributed by atoms with E-state index in [2.05, 4.69) is 34.6 Å². The van der Waals surface area contributed by atoms with Crippen LogP contribution in [0.4, 0.5) is 0 Å². The fourth-order valence-electron chi connectivity index (χ4n) is 4.12. The first-order chi connectivity index (χ1) is 15.6. The summed E-state index contributed by atoms with van der Waals surface area (Å²) < 4.78 is 17.6. The van der Waals surface area contributed by atoms with Crippen LogP contribution in [0.2, 0.25) is 6.82 Å². The predicted molar refractivity (Wildman–Crippen MR) is 140 cm³/mol. The molecule has 34 heavy (non-hydrogen) atoms. The van der Waals surface area contributed by atoms with Crippen LogP contribution in [0, 0.1) is 5.41 Å². The minimum absolute atomic E-state index is 0.0973. The van der Waals surface area contributed by atoms with Gasteiger partial charge in [0.2, 0.25) is 0 Å². The highest BCUT2D eigenvalue weighted by atomic mass is 16.7. The molecule has 8 heteroatoms. The molecule has 187 valence electrons. The predicted octanol–water partition coefficient (Wildman–Crippen LogP) is 3.80. The molecule has 2 aromatic carbocycles. The van der Waals surface area contributed by atoms with E-state index in [1.54, 1.807) is 14.0 Å². The topological polar surface area (TPSA) is 88.4 Å². The van der Waals surface area contributed by atoms with Crippen molar-refractivity contribution in [3.63, 3.8) is 0 Å². The Kier molecular flexibility index (Phi) is 8.93. The van der Waals surface area contributed by atoms with Gasteiger partial charge in [0.05, 0.1) is 11.0 Å². The lowest BCUT2D eigenvalue weighted by Crippen LogP contribution is -2.52. The molecule has 3 N–H and O–H groups in total. The van der Waals surface area contributed by atoms with Crippen LogP contribution >= 0.6 is 0 Å². The highest BCUT2D eigenvalue weighted by molar-refractivity contribution is 7.16. The highest BCUT2D eigenvalue weighted by Gasteiger charge is 2.47. The molecule has 2 aromatic rings. The van der Waals surface area contributed by atoms with Crippen LogP contribution < -0.4 is 10.2 Å². The second kappa shape index (κ2) is 10.6. The van der Waals surface area contributed by atoms with Crippen LogP contribution in [-0.4, -0.2) is 54.8 Å². The summed E-state index contributed by atoms with van der Waals surface area (Å²) in [4.78, 5) is 0. The number of hydrogen-bond acceptors (Lipinski definition) is 6. The fraction of sp³-hybridized carbons (Fsp3) is 0.615. The Morgan fingerprint density at radius 2 is 1.65 bits per heavy atom. The standard InChI is InChI=1S/C26H41B2O6/c1-10-14-25(7,26(29,30)31)20-13-11-12-18-15-19(33-17-32-9)16-21(22(18)20)28(27-8)34-24(5,6)23(2,3)4/h11-13,15-16,29-31H,10,14,17H2,1-9H3. The summed E-state index contributed by atoms with van der Waals surface area (Å²) in [5.74, 6) is -2.29. The summed E-state index contributed by atoms with van der Waals surface area (Å²) >= 11 is 0. The Hall–Kier alpha value is -1.57. The largest absolute Gasteiger partial charge is 0.468 e. The molecular formula is C26H41B2O6. The summed E-state index contributed by atoms with van der Waals surface area (Å²) in [6.07, 6.45) is 1.02. The van der Waals surface area contributed by atoms with E-state index in [0.717, 1.165) is 16.2 Å². The van der Waals surface area contributed by atoms with Crippen LogP contribution in [0.15, 0.2) is 30.3 Å². The number of methoxy groups -OCH3 is 1. The lowest BCUT2D eigenvalue weighted by atomic mass is 9.30. The Bertz CT molecular complexity index is 964. The maximum atomic E-state index is 10.5. The molecule has 0 aliphatic rings. The summed E-state index contributed by atoms with van der Waals surface area (Å²) in [5, 5.41) is 33.0. The number of ether oxygens (including phenoxy) is 2. The molecule has 1 radical (unpaired) electrons. The van der Waals surface area contributed by atoms with Crippen LogP contribution in [0.1, 0.15) is 66.9 Å². The molecule has 1 unspecified atom stereocenters. The Morgan fingerprint density at radius 3 is 2.15 bits per heavy atom. The molecule has 0 bridgehead atoms. The van der Waals surface area contributed by atoms with Crippen molar-refractivity contribution >= 4 is 30.2 Å². The van der Waals surface area contributed by atoms with E-state index < -0.39 is 23.8 Å². The molecule has 0 saturated carbocycles. The van der Waals surface area contributed by atoms with Crippen molar-refractivity contribution in [3.05, 3.63) is 35.9 Å². The van der Waals surface area contributed by atoms with Crippen LogP contribution in [-0.2, 0) is 14.8 Å². The first-order valence-electron chi connectivity index (χ1n) is 12.0. The highest BCUT2D eigenvalue weighted by Crippen LogP contribution is 2.41. The minimum Gasteiger partial charge on any atom is -0.468 e. The minimum atomic E-state index is -2.91. The van der Waals surface area contributed by atoms with Gasteiger partial charge in [0.15, 0.2) is 6.79 Å². The Labute approximate surface area is 206 Å². The normalized spacial score (nSPS) is 14.7. The average Bonchev–Trinajstić information content (AvgIpc) is 2.73. The van der Waals surface area contributed by atoms with E-state index in [1.165, 1.54) is 0 Å². The fourth-order valence-corrected chi connectivity index (χ4v) is 4.12. The lowest BCUT2D eigenvalue weighted by Gasteiger charge is -2.42.